The van der Waals surface area contributed by atoms with Crippen molar-refractivity contribution in [3.05, 3.63) is 35.4 Å². The van der Waals surface area contributed by atoms with Crippen molar-refractivity contribution in [2.24, 2.45) is 10.9 Å². The zero-order chi connectivity index (χ0) is 20.1. The molecule has 1 aromatic rings. The summed E-state index contributed by atoms with van der Waals surface area (Å²) in [7, 11) is -1.28. The Bertz CT molecular complexity index is 770. The summed E-state index contributed by atoms with van der Waals surface area (Å²) in [6.45, 7) is 2.96. The number of benzene rings is 1. The number of rotatable bonds is 6. The van der Waals surface area contributed by atoms with Crippen molar-refractivity contribution in [2.45, 2.75) is 31.9 Å². The van der Waals surface area contributed by atoms with E-state index in [1.807, 2.05) is 6.92 Å². The van der Waals surface area contributed by atoms with Gasteiger partial charge in [-0.15, -0.1) is 24.0 Å². The van der Waals surface area contributed by atoms with Crippen molar-refractivity contribution in [1.82, 2.24) is 10.6 Å². The minimum Gasteiger partial charge on any atom is -0.356 e. The molecule has 28 heavy (non-hydrogen) atoms. The van der Waals surface area contributed by atoms with Crippen LogP contribution in [0.4, 0.5) is 13.2 Å². The highest BCUT2D eigenvalue weighted by molar-refractivity contribution is 14.0. The first-order chi connectivity index (χ1) is 12.6. The second-order valence-electron chi connectivity index (χ2n) is 6.96. The van der Waals surface area contributed by atoms with E-state index in [2.05, 4.69) is 15.6 Å². The molecule has 0 bridgehead atoms. The maximum Gasteiger partial charge on any atom is 0.416 e. The van der Waals surface area contributed by atoms with Gasteiger partial charge in [0.1, 0.15) is 0 Å². The van der Waals surface area contributed by atoms with Gasteiger partial charge >= 0.3 is 6.18 Å². The zero-order valence-corrected chi connectivity index (χ0v) is 19.1. The highest BCUT2D eigenvalue weighted by atomic mass is 127. The summed E-state index contributed by atoms with van der Waals surface area (Å²) in [5, 5.41) is 6.24. The molecule has 160 valence electrons. The van der Waals surface area contributed by atoms with E-state index in [9.17, 15) is 21.6 Å². The van der Waals surface area contributed by atoms with Gasteiger partial charge in [-0.1, -0.05) is 25.1 Å². The summed E-state index contributed by atoms with van der Waals surface area (Å²) < 4.78 is 61.4. The molecular formula is C18H27F3IN3O2S. The fraction of sp³-hybridized carbons (Fsp3) is 0.611. The Morgan fingerprint density at radius 1 is 1.32 bits per heavy atom. The van der Waals surface area contributed by atoms with E-state index in [1.165, 1.54) is 12.1 Å². The summed E-state index contributed by atoms with van der Waals surface area (Å²) in [4.78, 5) is 4.10. The predicted molar refractivity (Wildman–Crippen MR) is 116 cm³/mol. The number of nitrogens with zero attached hydrogens (tertiary/aromatic N) is 1. The molecule has 0 aliphatic carbocycles. The van der Waals surface area contributed by atoms with Crippen molar-refractivity contribution in [3.63, 3.8) is 0 Å². The second-order valence-corrected chi connectivity index (χ2v) is 9.19. The molecule has 1 aliphatic heterocycles. The lowest BCUT2D eigenvalue weighted by Gasteiger charge is -2.17. The number of alkyl halides is 3. The first kappa shape index (κ1) is 25.0. The molecule has 1 saturated heterocycles. The van der Waals surface area contributed by atoms with Crippen LogP contribution in [-0.4, -0.2) is 46.0 Å². The van der Waals surface area contributed by atoms with Crippen molar-refractivity contribution in [1.29, 1.82) is 0 Å². The van der Waals surface area contributed by atoms with Gasteiger partial charge in [0.2, 0.25) is 0 Å². The molecular weight excluding hydrogens is 506 g/mol. The summed E-state index contributed by atoms with van der Waals surface area (Å²) in [6.07, 6.45) is -3.05. The lowest BCUT2D eigenvalue weighted by Crippen LogP contribution is -2.40. The van der Waals surface area contributed by atoms with Crippen LogP contribution in [0, 0.1) is 5.92 Å². The minimum atomic E-state index is -4.34. The standard InChI is InChI=1S/C18H26F3N3O2S.HI/c1-13(15-4-3-5-16(10-15)18(19,20)21)6-8-23-17(22-2)24-11-14-7-9-27(25,26)12-14;/h3-5,10,13-14H,6-9,11-12H2,1-2H3,(H2,22,23,24);1H. The molecule has 0 amide bonds. The highest BCUT2D eigenvalue weighted by Crippen LogP contribution is 2.31. The Labute approximate surface area is 181 Å². The number of halogens is 4. The van der Waals surface area contributed by atoms with E-state index in [-0.39, 0.29) is 47.3 Å². The molecule has 0 radical (unpaired) electrons. The van der Waals surface area contributed by atoms with E-state index in [0.717, 1.165) is 6.07 Å². The smallest absolute Gasteiger partial charge is 0.356 e. The van der Waals surface area contributed by atoms with Crippen LogP contribution < -0.4 is 10.6 Å². The maximum absolute atomic E-state index is 12.8. The first-order valence-electron chi connectivity index (χ1n) is 8.93. The van der Waals surface area contributed by atoms with Gasteiger partial charge in [-0.3, -0.25) is 4.99 Å². The van der Waals surface area contributed by atoms with Crippen molar-refractivity contribution >= 4 is 39.8 Å². The average Bonchev–Trinajstić information content (AvgIpc) is 2.96. The molecule has 1 heterocycles. The van der Waals surface area contributed by atoms with Crippen LogP contribution in [0.3, 0.4) is 0 Å². The Hall–Kier alpha value is -1.04. The number of nitrogens with one attached hydrogen (secondary N) is 2. The highest BCUT2D eigenvalue weighted by Gasteiger charge is 2.30. The van der Waals surface area contributed by atoms with E-state index in [4.69, 9.17) is 0 Å². The predicted octanol–water partition coefficient (Wildman–Crippen LogP) is 3.42. The minimum absolute atomic E-state index is 0. The van der Waals surface area contributed by atoms with Gasteiger partial charge in [-0.25, -0.2) is 8.42 Å². The van der Waals surface area contributed by atoms with Gasteiger partial charge in [0.15, 0.2) is 15.8 Å². The molecule has 1 aliphatic rings. The number of aliphatic imine (C=N–C) groups is 1. The van der Waals surface area contributed by atoms with Gasteiger partial charge in [-0.05, 0) is 36.3 Å². The fourth-order valence-corrected chi connectivity index (χ4v) is 4.95. The van der Waals surface area contributed by atoms with Gasteiger partial charge in [0.05, 0.1) is 17.1 Å². The van der Waals surface area contributed by atoms with E-state index >= 15 is 0 Å². The molecule has 5 nitrogen and oxygen atoms in total. The third kappa shape index (κ3) is 7.76. The van der Waals surface area contributed by atoms with Crippen LogP contribution in [-0.2, 0) is 16.0 Å². The topological polar surface area (TPSA) is 70.6 Å². The molecule has 2 rings (SSSR count). The van der Waals surface area contributed by atoms with Crippen LogP contribution in [0.5, 0.6) is 0 Å². The Morgan fingerprint density at radius 3 is 2.61 bits per heavy atom. The molecule has 0 saturated carbocycles. The van der Waals surface area contributed by atoms with Crippen LogP contribution in [0.25, 0.3) is 0 Å². The maximum atomic E-state index is 12.8. The molecule has 0 aromatic heterocycles. The van der Waals surface area contributed by atoms with E-state index < -0.39 is 21.6 Å². The van der Waals surface area contributed by atoms with Crippen LogP contribution in [0.15, 0.2) is 29.3 Å². The van der Waals surface area contributed by atoms with Crippen LogP contribution >= 0.6 is 24.0 Å². The average molecular weight is 533 g/mol. The largest absolute Gasteiger partial charge is 0.416 e. The molecule has 0 spiro atoms. The monoisotopic (exact) mass is 533 g/mol. The zero-order valence-electron chi connectivity index (χ0n) is 15.9. The fourth-order valence-electron chi connectivity index (χ4n) is 3.09. The Morgan fingerprint density at radius 2 is 2.04 bits per heavy atom. The SMILES string of the molecule is CN=C(NCCC(C)c1cccc(C(F)(F)F)c1)NCC1CCS(=O)(=O)C1.I. The van der Waals surface area contributed by atoms with Crippen LogP contribution in [0.1, 0.15) is 36.8 Å². The van der Waals surface area contributed by atoms with Gasteiger partial charge < -0.3 is 10.6 Å². The molecule has 1 fully saturated rings. The van der Waals surface area contributed by atoms with Crippen molar-refractivity contribution in [3.8, 4) is 0 Å². The van der Waals surface area contributed by atoms with E-state index in [1.54, 1.807) is 13.1 Å². The molecule has 10 heteroatoms. The summed E-state index contributed by atoms with van der Waals surface area (Å²) in [5.74, 6) is 1.04. The molecule has 2 unspecified atom stereocenters. The third-order valence-electron chi connectivity index (χ3n) is 4.76. The summed E-state index contributed by atoms with van der Waals surface area (Å²) >= 11 is 0. The van der Waals surface area contributed by atoms with Gasteiger partial charge in [0.25, 0.3) is 0 Å². The van der Waals surface area contributed by atoms with Crippen LogP contribution in [0.2, 0.25) is 0 Å². The third-order valence-corrected chi connectivity index (χ3v) is 6.60. The molecule has 2 N–H and O–H groups in total. The van der Waals surface area contributed by atoms with E-state index in [0.29, 0.717) is 37.5 Å². The Balaban J connectivity index is 0.00000392. The number of guanidine groups is 1. The number of hydrogen-bond acceptors (Lipinski definition) is 3. The van der Waals surface area contributed by atoms with Gasteiger partial charge in [0, 0.05) is 20.1 Å². The quantitative estimate of drug-likeness (QED) is 0.334. The Kier molecular flexibility index (Phi) is 9.51. The number of hydrogen-bond donors (Lipinski definition) is 2. The lowest BCUT2D eigenvalue weighted by molar-refractivity contribution is -0.137. The summed E-state index contributed by atoms with van der Waals surface area (Å²) in [6, 6.07) is 5.40. The summed E-state index contributed by atoms with van der Waals surface area (Å²) in [5.41, 5.74) is 0.00883. The second kappa shape index (κ2) is 10.7. The van der Waals surface area contributed by atoms with Gasteiger partial charge in [-0.2, -0.15) is 13.2 Å². The lowest BCUT2D eigenvalue weighted by atomic mass is 9.96. The molecule has 1 aromatic carbocycles. The van der Waals surface area contributed by atoms with Crippen molar-refractivity contribution < 1.29 is 21.6 Å². The normalized spacial score (nSPS) is 20.3. The van der Waals surface area contributed by atoms with Crippen molar-refractivity contribution in [2.75, 3.05) is 31.6 Å². The molecule has 2 atom stereocenters. The first-order valence-corrected chi connectivity index (χ1v) is 10.7. The number of sulfone groups is 1.